The molecule has 2 aromatic carbocycles. The zero-order valence-corrected chi connectivity index (χ0v) is 15.0. The average molecular weight is 339 g/mol. The Morgan fingerprint density at radius 2 is 1.80 bits per heavy atom. The van der Waals surface area contributed by atoms with E-state index in [9.17, 15) is 4.79 Å². The fourth-order valence-corrected chi connectivity index (χ4v) is 2.34. The molecule has 0 aromatic heterocycles. The number of anilines is 1. The van der Waals surface area contributed by atoms with E-state index in [1.165, 1.54) is 0 Å². The van der Waals surface area contributed by atoms with Crippen LogP contribution in [-0.2, 0) is 4.79 Å². The highest BCUT2D eigenvalue weighted by Crippen LogP contribution is 2.27. The van der Waals surface area contributed by atoms with Gasteiger partial charge in [0, 0.05) is 5.69 Å². The molecule has 132 valence electrons. The first kappa shape index (κ1) is 18.6. The predicted octanol–water partition coefficient (Wildman–Crippen LogP) is 4.78. The summed E-state index contributed by atoms with van der Waals surface area (Å²) in [6.45, 7) is 10.0. The fourth-order valence-electron chi connectivity index (χ4n) is 2.34. The number of hydrogen-bond acceptors (Lipinski definition) is 3. The summed E-state index contributed by atoms with van der Waals surface area (Å²) in [6.07, 6.45) is 1.08. The second-order valence-corrected chi connectivity index (χ2v) is 6.07. The van der Waals surface area contributed by atoms with Crippen LogP contribution in [0.25, 0.3) is 0 Å². The molecule has 1 atom stereocenters. The van der Waals surface area contributed by atoms with E-state index in [-0.39, 0.29) is 5.91 Å². The minimum atomic E-state index is -0.600. The van der Waals surface area contributed by atoms with Crippen molar-refractivity contribution in [2.24, 2.45) is 0 Å². The third-order valence-corrected chi connectivity index (χ3v) is 3.70. The van der Waals surface area contributed by atoms with E-state index >= 15 is 0 Å². The van der Waals surface area contributed by atoms with Gasteiger partial charge in [0.25, 0.3) is 5.91 Å². The van der Waals surface area contributed by atoms with E-state index in [1.54, 1.807) is 37.3 Å². The van der Waals surface area contributed by atoms with Crippen LogP contribution < -0.4 is 14.8 Å². The van der Waals surface area contributed by atoms with Crippen LogP contribution in [0.15, 0.2) is 61.2 Å². The second kappa shape index (κ2) is 8.92. The molecule has 0 aliphatic heterocycles. The summed E-state index contributed by atoms with van der Waals surface area (Å²) in [5, 5.41) is 2.85. The van der Waals surface area contributed by atoms with Gasteiger partial charge in [0.1, 0.15) is 18.1 Å². The summed E-state index contributed by atoms with van der Waals surface area (Å²) < 4.78 is 11.3. The molecule has 0 saturated heterocycles. The number of amides is 1. The Labute approximate surface area is 149 Å². The molecule has 4 nitrogen and oxygen atoms in total. The molecule has 2 rings (SSSR count). The van der Waals surface area contributed by atoms with Gasteiger partial charge in [-0.25, -0.2) is 0 Å². The maximum absolute atomic E-state index is 12.4. The summed E-state index contributed by atoms with van der Waals surface area (Å²) in [5.41, 5.74) is 1.79. The zero-order chi connectivity index (χ0) is 18.2. The highest BCUT2D eigenvalue weighted by atomic mass is 16.5. The Kier molecular flexibility index (Phi) is 6.63. The van der Waals surface area contributed by atoms with Crippen LogP contribution in [0.4, 0.5) is 5.69 Å². The normalized spacial score (nSPS) is 11.7. The molecule has 4 heteroatoms. The van der Waals surface area contributed by atoms with Gasteiger partial charge in [-0.1, -0.05) is 44.7 Å². The minimum Gasteiger partial charge on any atom is -0.490 e. The quantitative estimate of drug-likeness (QED) is 0.704. The molecular formula is C21H25NO3. The van der Waals surface area contributed by atoms with Crippen molar-refractivity contribution in [2.75, 3.05) is 11.9 Å². The van der Waals surface area contributed by atoms with Crippen molar-refractivity contribution in [3.05, 3.63) is 66.7 Å². The largest absolute Gasteiger partial charge is 0.490 e. The van der Waals surface area contributed by atoms with Gasteiger partial charge in [0.15, 0.2) is 6.10 Å². The van der Waals surface area contributed by atoms with Crippen molar-refractivity contribution >= 4 is 11.6 Å². The highest BCUT2D eigenvalue weighted by molar-refractivity contribution is 5.94. The van der Waals surface area contributed by atoms with Crippen LogP contribution in [0.5, 0.6) is 11.5 Å². The molecule has 0 aliphatic carbocycles. The topological polar surface area (TPSA) is 47.6 Å². The Bertz CT molecular complexity index is 707. The molecule has 1 N–H and O–H groups in total. The maximum Gasteiger partial charge on any atom is 0.265 e. The number of rotatable bonds is 8. The number of carbonyl (C=O) groups excluding carboxylic acids is 1. The fraction of sp³-hybridized carbons (Fsp3) is 0.286. The van der Waals surface area contributed by atoms with Crippen LogP contribution in [-0.4, -0.2) is 18.6 Å². The number of hydrogen-bond donors (Lipinski definition) is 1. The SMILES string of the molecule is C=CCOc1ccc(NC(=O)[C@@H](C)Oc2ccccc2C(C)C)cc1. The number of para-hydroxylation sites is 1. The Balaban J connectivity index is 1.97. The third-order valence-electron chi connectivity index (χ3n) is 3.70. The molecule has 0 heterocycles. The Morgan fingerprint density at radius 1 is 1.12 bits per heavy atom. The van der Waals surface area contributed by atoms with Crippen LogP contribution in [0.1, 0.15) is 32.3 Å². The molecule has 0 fully saturated rings. The van der Waals surface area contributed by atoms with E-state index < -0.39 is 6.10 Å². The van der Waals surface area contributed by atoms with Gasteiger partial charge in [0.05, 0.1) is 0 Å². The maximum atomic E-state index is 12.4. The molecular weight excluding hydrogens is 314 g/mol. The van der Waals surface area contributed by atoms with Gasteiger partial charge in [-0.05, 0) is 48.7 Å². The Hall–Kier alpha value is -2.75. The molecule has 0 spiro atoms. The number of ether oxygens (including phenoxy) is 2. The highest BCUT2D eigenvalue weighted by Gasteiger charge is 2.17. The van der Waals surface area contributed by atoms with Crippen molar-refractivity contribution in [3.63, 3.8) is 0 Å². The van der Waals surface area contributed by atoms with Gasteiger partial charge in [-0.2, -0.15) is 0 Å². The average Bonchev–Trinajstić information content (AvgIpc) is 2.61. The summed E-state index contributed by atoms with van der Waals surface area (Å²) in [7, 11) is 0. The monoisotopic (exact) mass is 339 g/mol. The smallest absolute Gasteiger partial charge is 0.265 e. The lowest BCUT2D eigenvalue weighted by atomic mass is 10.0. The van der Waals surface area contributed by atoms with Crippen molar-refractivity contribution in [1.82, 2.24) is 0 Å². The van der Waals surface area contributed by atoms with Gasteiger partial charge in [-0.15, -0.1) is 0 Å². The second-order valence-electron chi connectivity index (χ2n) is 6.07. The van der Waals surface area contributed by atoms with E-state index in [0.29, 0.717) is 18.2 Å². The van der Waals surface area contributed by atoms with E-state index in [2.05, 4.69) is 25.7 Å². The standard InChI is InChI=1S/C21H25NO3/c1-5-14-24-18-12-10-17(11-13-18)22-21(23)16(4)25-20-9-7-6-8-19(20)15(2)3/h5-13,15-16H,1,14H2,2-4H3,(H,22,23)/t16-/m1/s1. The molecule has 1 amide bonds. The van der Waals surface area contributed by atoms with E-state index in [0.717, 1.165) is 17.1 Å². The van der Waals surface area contributed by atoms with Crippen molar-refractivity contribution < 1.29 is 14.3 Å². The number of nitrogens with one attached hydrogen (secondary N) is 1. The summed E-state index contributed by atoms with van der Waals surface area (Å²) in [5.74, 6) is 1.61. The molecule has 0 radical (unpaired) electrons. The lowest BCUT2D eigenvalue weighted by Crippen LogP contribution is -2.30. The zero-order valence-electron chi connectivity index (χ0n) is 15.0. The summed E-state index contributed by atoms with van der Waals surface area (Å²) >= 11 is 0. The van der Waals surface area contributed by atoms with Crippen LogP contribution in [0.3, 0.4) is 0 Å². The first-order valence-electron chi connectivity index (χ1n) is 8.41. The van der Waals surface area contributed by atoms with E-state index in [1.807, 2.05) is 24.3 Å². The van der Waals surface area contributed by atoms with E-state index in [4.69, 9.17) is 9.47 Å². The van der Waals surface area contributed by atoms with Crippen LogP contribution in [0.2, 0.25) is 0 Å². The molecule has 2 aromatic rings. The van der Waals surface area contributed by atoms with Gasteiger partial charge < -0.3 is 14.8 Å². The van der Waals surface area contributed by atoms with Gasteiger partial charge in [0.2, 0.25) is 0 Å². The van der Waals surface area contributed by atoms with Gasteiger partial charge >= 0.3 is 0 Å². The van der Waals surface area contributed by atoms with Crippen molar-refractivity contribution in [3.8, 4) is 11.5 Å². The minimum absolute atomic E-state index is 0.196. The Morgan fingerprint density at radius 3 is 2.44 bits per heavy atom. The molecule has 0 aliphatic rings. The lowest BCUT2D eigenvalue weighted by molar-refractivity contribution is -0.122. The molecule has 0 unspecified atom stereocenters. The number of carbonyl (C=O) groups is 1. The third kappa shape index (κ3) is 5.38. The number of benzene rings is 2. The molecule has 0 bridgehead atoms. The van der Waals surface area contributed by atoms with Crippen LogP contribution >= 0.6 is 0 Å². The van der Waals surface area contributed by atoms with Crippen molar-refractivity contribution in [1.29, 1.82) is 0 Å². The first-order valence-corrected chi connectivity index (χ1v) is 8.41. The summed E-state index contributed by atoms with van der Waals surface area (Å²) in [4.78, 5) is 12.4. The lowest BCUT2D eigenvalue weighted by Gasteiger charge is -2.18. The predicted molar refractivity (Wildman–Crippen MR) is 101 cm³/mol. The van der Waals surface area contributed by atoms with Gasteiger partial charge in [-0.3, -0.25) is 4.79 Å². The molecule has 25 heavy (non-hydrogen) atoms. The van der Waals surface area contributed by atoms with Crippen LogP contribution in [0, 0.1) is 0 Å². The first-order chi connectivity index (χ1) is 12.0. The van der Waals surface area contributed by atoms with Crippen molar-refractivity contribution in [2.45, 2.75) is 32.8 Å². The summed E-state index contributed by atoms with van der Waals surface area (Å²) in [6, 6.07) is 15.0. The molecule has 0 saturated carbocycles.